The van der Waals surface area contributed by atoms with Gasteiger partial charge in [-0.15, -0.1) is 11.3 Å². The maximum Gasteiger partial charge on any atom is 0.0361 e. The summed E-state index contributed by atoms with van der Waals surface area (Å²) >= 11 is 1.89. The van der Waals surface area contributed by atoms with Gasteiger partial charge in [0.1, 0.15) is 0 Å². The van der Waals surface area contributed by atoms with Gasteiger partial charge in [0.2, 0.25) is 0 Å². The van der Waals surface area contributed by atoms with Gasteiger partial charge in [-0.1, -0.05) is 157 Å². The molecule has 1 aliphatic carbocycles. The van der Waals surface area contributed by atoms with Crippen LogP contribution in [-0.4, -0.2) is 6.21 Å². The topological polar surface area (TPSA) is 23.9 Å². The van der Waals surface area contributed by atoms with Crippen LogP contribution < -0.4 is 0 Å². The van der Waals surface area contributed by atoms with Crippen LogP contribution in [0, 0.1) is 5.41 Å². The van der Waals surface area contributed by atoms with Gasteiger partial charge in [0.15, 0.2) is 0 Å². The van der Waals surface area contributed by atoms with Crippen LogP contribution in [0.5, 0.6) is 0 Å². The van der Waals surface area contributed by atoms with E-state index >= 15 is 0 Å². The first-order valence-corrected chi connectivity index (χ1v) is 18.2. The molecule has 0 spiro atoms. The largest absolute Gasteiger partial charge is 0.308 e. The Hall–Kier alpha value is -5.83. The van der Waals surface area contributed by atoms with Crippen LogP contribution in [0.1, 0.15) is 28.7 Å². The van der Waals surface area contributed by atoms with E-state index in [1.165, 1.54) is 86.7 Å². The SMILES string of the molecule is C1=C(Cc2ccc(-c3cccc4sc5ccccc5c34)cc2)CCc2c1c1ccccc1c1ccccc21.N=Cc1cccc2ccccc12. The predicted octanol–water partition coefficient (Wildman–Crippen LogP) is 13.4. The Bertz CT molecular complexity index is 2740. The minimum absolute atomic E-state index is 0.980. The molecule has 8 aromatic carbocycles. The number of hydrogen-bond acceptors (Lipinski definition) is 2. The zero-order chi connectivity index (χ0) is 33.4. The summed E-state index contributed by atoms with van der Waals surface area (Å²) < 4.78 is 2.72. The first kappa shape index (κ1) is 30.2. The van der Waals surface area contributed by atoms with E-state index in [-0.39, 0.29) is 0 Å². The average Bonchev–Trinajstić information content (AvgIpc) is 3.57. The summed E-state index contributed by atoms with van der Waals surface area (Å²) in [5, 5.41) is 17.8. The summed E-state index contributed by atoms with van der Waals surface area (Å²) in [4.78, 5) is 0. The highest BCUT2D eigenvalue weighted by Crippen LogP contribution is 2.41. The second kappa shape index (κ2) is 12.9. The number of nitrogens with one attached hydrogen (secondary N) is 1. The lowest BCUT2D eigenvalue weighted by molar-refractivity contribution is 0.897. The van der Waals surface area contributed by atoms with E-state index in [0.29, 0.717) is 0 Å². The van der Waals surface area contributed by atoms with Gasteiger partial charge < -0.3 is 5.41 Å². The number of aryl methyl sites for hydroxylation is 1. The molecule has 0 fully saturated rings. The molecule has 1 N–H and O–H groups in total. The van der Waals surface area contributed by atoms with Crippen molar-refractivity contribution in [2.45, 2.75) is 19.3 Å². The normalized spacial score (nSPS) is 12.5. The molecule has 0 bridgehead atoms. The van der Waals surface area contributed by atoms with E-state index < -0.39 is 0 Å². The van der Waals surface area contributed by atoms with Gasteiger partial charge in [-0.3, -0.25) is 0 Å². The minimum Gasteiger partial charge on any atom is -0.308 e. The van der Waals surface area contributed by atoms with Gasteiger partial charge in [0.05, 0.1) is 0 Å². The van der Waals surface area contributed by atoms with E-state index in [4.69, 9.17) is 5.41 Å². The molecule has 0 radical (unpaired) electrons. The molecule has 9 aromatic rings. The van der Waals surface area contributed by atoms with Crippen molar-refractivity contribution in [1.82, 2.24) is 0 Å². The molecule has 2 heteroatoms. The number of fused-ring (bicyclic) bond motifs is 10. The van der Waals surface area contributed by atoms with Crippen LogP contribution >= 0.6 is 11.3 Å². The summed E-state index contributed by atoms with van der Waals surface area (Å²) in [5.41, 5.74) is 9.45. The van der Waals surface area contributed by atoms with E-state index in [1.54, 1.807) is 0 Å². The van der Waals surface area contributed by atoms with Crippen molar-refractivity contribution in [1.29, 1.82) is 5.41 Å². The monoisotopic (exact) mass is 657 g/mol. The Labute approximate surface area is 296 Å². The van der Waals surface area contributed by atoms with Crippen LogP contribution in [-0.2, 0) is 12.8 Å². The highest BCUT2D eigenvalue weighted by atomic mass is 32.1. The molecular weight excluding hydrogens is 623 g/mol. The highest BCUT2D eigenvalue weighted by molar-refractivity contribution is 7.25. The third kappa shape index (κ3) is 5.39. The van der Waals surface area contributed by atoms with Crippen molar-refractivity contribution in [3.05, 3.63) is 186 Å². The van der Waals surface area contributed by atoms with E-state index in [0.717, 1.165) is 30.2 Å². The van der Waals surface area contributed by atoms with Gasteiger partial charge in [0, 0.05) is 26.4 Å². The number of thiophene rings is 1. The number of allylic oxidation sites excluding steroid dienone is 1. The lowest BCUT2D eigenvalue weighted by atomic mass is 9.83. The van der Waals surface area contributed by atoms with Crippen molar-refractivity contribution in [2.75, 3.05) is 0 Å². The summed E-state index contributed by atoms with van der Waals surface area (Å²) in [6, 6.07) is 56.7. The molecule has 1 nitrogen and oxygen atoms in total. The standard InChI is InChI=1S/C37H26S.C11H9N/c1-2-10-30-28(8-1)29-9-3-4-11-31(29)34-23-25(18-21-32(30)34)22-24-16-19-26(20-17-24)27-13-7-15-36-37(27)33-12-5-6-14-35(33)38-36;12-8-10-6-3-5-9-4-1-2-7-11(9)10/h1-17,19-20,23H,18,21-22H2;1-8,12H. The fourth-order valence-corrected chi connectivity index (χ4v) is 8.97. The van der Waals surface area contributed by atoms with Crippen molar-refractivity contribution in [2.24, 2.45) is 0 Å². The Kier molecular flexibility index (Phi) is 7.80. The molecule has 1 aliphatic rings. The first-order chi connectivity index (χ1) is 24.7. The Morgan fingerprint density at radius 1 is 0.520 bits per heavy atom. The van der Waals surface area contributed by atoms with Gasteiger partial charge in [-0.2, -0.15) is 0 Å². The second-order valence-electron chi connectivity index (χ2n) is 13.1. The third-order valence-electron chi connectivity index (χ3n) is 10.2. The molecule has 0 unspecified atom stereocenters. The summed E-state index contributed by atoms with van der Waals surface area (Å²) in [6.07, 6.45) is 7.11. The van der Waals surface area contributed by atoms with Crippen LogP contribution in [0.2, 0.25) is 0 Å². The molecule has 238 valence electrons. The van der Waals surface area contributed by atoms with Gasteiger partial charge >= 0.3 is 0 Å². The van der Waals surface area contributed by atoms with Crippen LogP contribution in [0.25, 0.3) is 69.7 Å². The summed E-state index contributed by atoms with van der Waals surface area (Å²) in [6.45, 7) is 0. The Morgan fingerprint density at radius 2 is 1.14 bits per heavy atom. The number of rotatable bonds is 4. The van der Waals surface area contributed by atoms with Crippen molar-refractivity contribution in [3.63, 3.8) is 0 Å². The molecule has 1 heterocycles. The Balaban J connectivity index is 0.000000237. The highest BCUT2D eigenvalue weighted by Gasteiger charge is 2.18. The zero-order valence-corrected chi connectivity index (χ0v) is 28.5. The molecule has 0 atom stereocenters. The fraction of sp³-hybridized carbons (Fsp3) is 0.0625. The van der Waals surface area contributed by atoms with Crippen LogP contribution in [0.15, 0.2) is 163 Å². The smallest absolute Gasteiger partial charge is 0.0361 e. The van der Waals surface area contributed by atoms with E-state index in [2.05, 4.69) is 133 Å². The van der Waals surface area contributed by atoms with Crippen molar-refractivity contribution >= 4 is 76.1 Å². The van der Waals surface area contributed by atoms with E-state index in [1.807, 2.05) is 41.7 Å². The molecular formula is C48H35NS. The molecule has 0 saturated heterocycles. The lowest BCUT2D eigenvalue weighted by Gasteiger charge is -2.21. The molecule has 0 saturated carbocycles. The first-order valence-electron chi connectivity index (χ1n) is 17.3. The average molecular weight is 658 g/mol. The van der Waals surface area contributed by atoms with E-state index in [9.17, 15) is 0 Å². The van der Waals surface area contributed by atoms with Gasteiger partial charge in [0.25, 0.3) is 0 Å². The van der Waals surface area contributed by atoms with Crippen LogP contribution in [0.3, 0.4) is 0 Å². The Morgan fingerprint density at radius 3 is 1.94 bits per heavy atom. The minimum atomic E-state index is 0.980. The third-order valence-corrected chi connectivity index (χ3v) is 11.3. The zero-order valence-electron chi connectivity index (χ0n) is 27.7. The quantitative estimate of drug-likeness (QED) is 0.144. The number of benzene rings is 8. The molecule has 50 heavy (non-hydrogen) atoms. The summed E-state index contributed by atoms with van der Waals surface area (Å²) in [7, 11) is 0. The summed E-state index contributed by atoms with van der Waals surface area (Å²) in [5.74, 6) is 0. The van der Waals surface area contributed by atoms with Crippen LogP contribution in [0.4, 0.5) is 0 Å². The maximum absolute atomic E-state index is 7.20. The predicted molar refractivity (Wildman–Crippen MR) is 218 cm³/mol. The number of hydrogen-bond donors (Lipinski definition) is 1. The fourth-order valence-electron chi connectivity index (χ4n) is 7.83. The maximum atomic E-state index is 7.20. The molecule has 0 aliphatic heterocycles. The van der Waals surface area contributed by atoms with Gasteiger partial charge in [-0.25, -0.2) is 0 Å². The second-order valence-corrected chi connectivity index (χ2v) is 14.2. The lowest BCUT2D eigenvalue weighted by Crippen LogP contribution is -2.04. The molecule has 10 rings (SSSR count). The van der Waals surface area contributed by atoms with Crippen molar-refractivity contribution in [3.8, 4) is 11.1 Å². The molecule has 0 amide bonds. The van der Waals surface area contributed by atoms with Crippen molar-refractivity contribution < 1.29 is 0 Å². The molecule has 1 aromatic heterocycles. The van der Waals surface area contributed by atoms with Gasteiger partial charge in [-0.05, 0) is 97.1 Å².